The van der Waals surface area contributed by atoms with Gasteiger partial charge in [-0.25, -0.2) is 4.98 Å². The highest BCUT2D eigenvalue weighted by Crippen LogP contribution is 2.19. The molecule has 2 aromatic rings. The lowest BCUT2D eigenvalue weighted by molar-refractivity contribution is 0.281. The third kappa shape index (κ3) is 2.84. The quantitative estimate of drug-likeness (QED) is 0.903. The van der Waals surface area contributed by atoms with Crippen molar-refractivity contribution in [3.05, 3.63) is 45.8 Å². The number of rotatable bonds is 4. The summed E-state index contributed by atoms with van der Waals surface area (Å²) in [6, 6.07) is 4.10. The first-order chi connectivity index (χ1) is 8.20. The second-order valence-electron chi connectivity index (χ2n) is 4.13. The molecule has 0 aromatic carbocycles. The molecule has 0 saturated carbocycles. The molecule has 0 radical (unpaired) electrons. The fourth-order valence-corrected chi connectivity index (χ4v) is 2.50. The molecule has 2 rings (SSSR count). The molecule has 0 fully saturated rings. The zero-order valence-corrected chi connectivity index (χ0v) is 10.9. The molecule has 0 amide bonds. The Morgan fingerprint density at radius 3 is 2.82 bits per heavy atom. The summed E-state index contributed by atoms with van der Waals surface area (Å²) in [5.74, 6) is 0.966. The molecule has 3 nitrogen and oxygen atoms in total. The van der Waals surface area contributed by atoms with Gasteiger partial charge < -0.3 is 10.0 Å². The van der Waals surface area contributed by atoms with E-state index in [2.05, 4.69) is 26.7 Å². The van der Waals surface area contributed by atoms with Gasteiger partial charge in [0.1, 0.15) is 5.82 Å². The first-order valence-corrected chi connectivity index (χ1v) is 6.43. The van der Waals surface area contributed by atoms with E-state index in [1.54, 1.807) is 17.5 Å². The second kappa shape index (κ2) is 5.29. The van der Waals surface area contributed by atoms with Crippen molar-refractivity contribution in [2.45, 2.75) is 20.1 Å². The first kappa shape index (κ1) is 12.1. The van der Waals surface area contributed by atoms with Gasteiger partial charge in [0.25, 0.3) is 0 Å². The molecule has 0 spiro atoms. The Balaban J connectivity index is 2.16. The normalized spacial score (nSPS) is 10.5. The van der Waals surface area contributed by atoms with Gasteiger partial charge >= 0.3 is 0 Å². The third-order valence-electron chi connectivity index (χ3n) is 2.65. The van der Waals surface area contributed by atoms with Crippen LogP contribution in [0.4, 0.5) is 5.82 Å². The third-order valence-corrected chi connectivity index (χ3v) is 3.38. The fourth-order valence-electron chi connectivity index (χ4n) is 1.84. The molecule has 0 atom stereocenters. The van der Waals surface area contributed by atoms with E-state index in [0.717, 1.165) is 23.5 Å². The monoisotopic (exact) mass is 248 g/mol. The minimum atomic E-state index is 0.0440. The maximum Gasteiger partial charge on any atom is 0.131 e. The largest absolute Gasteiger partial charge is 0.392 e. The summed E-state index contributed by atoms with van der Waals surface area (Å²) in [7, 11) is 2.03. The number of hydrogen-bond donors (Lipinski definition) is 1. The van der Waals surface area contributed by atoms with Crippen LogP contribution in [-0.2, 0) is 13.2 Å². The van der Waals surface area contributed by atoms with Crippen LogP contribution in [-0.4, -0.2) is 17.1 Å². The molecule has 90 valence electrons. The number of aryl methyl sites for hydroxylation is 1. The topological polar surface area (TPSA) is 36.4 Å². The summed E-state index contributed by atoms with van der Waals surface area (Å²) in [5.41, 5.74) is 3.24. The number of pyridine rings is 1. The number of aromatic nitrogens is 1. The van der Waals surface area contributed by atoms with E-state index in [1.165, 1.54) is 5.56 Å². The minimum Gasteiger partial charge on any atom is -0.392 e. The van der Waals surface area contributed by atoms with E-state index >= 15 is 0 Å². The van der Waals surface area contributed by atoms with E-state index in [0.29, 0.717) is 0 Å². The van der Waals surface area contributed by atoms with Gasteiger partial charge in [-0.05, 0) is 46.5 Å². The van der Waals surface area contributed by atoms with Crippen LogP contribution in [0.25, 0.3) is 0 Å². The summed E-state index contributed by atoms with van der Waals surface area (Å²) < 4.78 is 0. The van der Waals surface area contributed by atoms with Crippen molar-refractivity contribution in [2.75, 3.05) is 11.9 Å². The van der Waals surface area contributed by atoms with E-state index in [9.17, 15) is 0 Å². The number of thiophene rings is 1. The lowest BCUT2D eigenvalue weighted by atomic mass is 10.2. The Morgan fingerprint density at radius 1 is 1.41 bits per heavy atom. The molecule has 4 heteroatoms. The molecule has 2 aromatic heterocycles. The first-order valence-electron chi connectivity index (χ1n) is 5.49. The lowest BCUT2D eigenvalue weighted by Gasteiger charge is -2.19. The highest BCUT2D eigenvalue weighted by Gasteiger charge is 2.07. The van der Waals surface area contributed by atoms with Gasteiger partial charge in [0.2, 0.25) is 0 Å². The molecule has 0 aliphatic rings. The Hall–Kier alpha value is -1.39. The SMILES string of the molecule is Cc1cc(CO)cnc1N(C)Cc1ccsc1. The van der Waals surface area contributed by atoms with E-state index in [1.807, 2.05) is 20.0 Å². The van der Waals surface area contributed by atoms with Crippen LogP contribution in [0.2, 0.25) is 0 Å². The highest BCUT2D eigenvalue weighted by atomic mass is 32.1. The van der Waals surface area contributed by atoms with E-state index in [4.69, 9.17) is 5.11 Å². The second-order valence-corrected chi connectivity index (χ2v) is 4.91. The van der Waals surface area contributed by atoms with Crippen LogP contribution in [0.15, 0.2) is 29.1 Å². The summed E-state index contributed by atoms with van der Waals surface area (Å²) in [4.78, 5) is 6.52. The Bertz CT molecular complexity index is 482. The van der Waals surface area contributed by atoms with Gasteiger partial charge in [-0.2, -0.15) is 11.3 Å². The van der Waals surface area contributed by atoms with Crippen molar-refractivity contribution in [1.29, 1.82) is 0 Å². The summed E-state index contributed by atoms with van der Waals surface area (Å²) in [6.07, 6.45) is 1.73. The molecule has 0 aliphatic carbocycles. The zero-order chi connectivity index (χ0) is 12.3. The van der Waals surface area contributed by atoms with E-state index < -0.39 is 0 Å². The summed E-state index contributed by atoms with van der Waals surface area (Å²) >= 11 is 1.71. The molecule has 0 bridgehead atoms. The molecule has 1 N–H and O–H groups in total. The Morgan fingerprint density at radius 2 is 2.24 bits per heavy atom. The van der Waals surface area contributed by atoms with Gasteiger partial charge in [-0.15, -0.1) is 0 Å². The van der Waals surface area contributed by atoms with Crippen LogP contribution in [0.3, 0.4) is 0 Å². The van der Waals surface area contributed by atoms with Crippen molar-refractivity contribution >= 4 is 17.2 Å². The molecule has 0 saturated heterocycles. The Labute approximate surface area is 105 Å². The van der Waals surface area contributed by atoms with Crippen molar-refractivity contribution in [3.63, 3.8) is 0 Å². The van der Waals surface area contributed by atoms with Gasteiger partial charge in [0.05, 0.1) is 6.61 Å². The average Bonchev–Trinajstić information content (AvgIpc) is 2.81. The molecule has 17 heavy (non-hydrogen) atoms. The maximum atomic E-state index is 9.05. The molecule has 0 unspecified atom stereocenters. The number of nitrogens with zero attached hydrogens (tertiary/aromatic N) is 2. The fraction of sp³-hybridized carbons (Fsp3) is 0.308. The molecular formula is C13H16N2OS. The van der Waals surface area contributed by atoms with E-state index in [-0.39, 0.29) is 6.61 Å². The van der Waals surface area contributed by atoms with Crippen LogP contribution < -0.4 is 4.90 Å². The van der Waals surface area contributed by atoms with Gasteiger partial charge in [-0.3, -0.25) is 0 Å². The predicted octanol–water partition coefficient (Wildman–Crippen LogP) is 2.58. The Kier molecular flexibility index (Phi) is 3.76. The maximum absolute atomic E-state index is 9.05. The number of aliphatic hydroxyl groups excluding tert-OH is 1. The van der Waals surface area contributed by atoms with Crippen molar-refractivity contribution in [1.82, 2.24) is 4.98 Å². The number of hydrogen-bond acceptors (Lipinski definition) is 4. The zero-order valence-electron chi connectivity index (χ0n) is 10.1. The standard InChI is InChI=1S/C13H16N2OS/c1-10-5-12(8-16)6-14-13(10)15(2)7-11-3-4-17-9-11/h3-6,9,16H,7-8H2,1-2H3. The van der Waals surface area contributed by atoms with Crippen LogP contribution >= 0.6 is 11.3 Å². The van der Waals surface area contributed by atoms with Crippen molar-refractivity contribution in [3.8, 4) is 0 Å². The van der Waals surface area contributed by atoms with Crippen molar-refractivity contribution in [2.24, 2.45) is 0 Å². The summed E-state index contributed by atoms with van der Waals surface area (Å²) in [5, 5.41) is 13.3. The lowest BCUT2D eigenvalue weighted by Crippen LogP contribution is -2.18. The summed E-state index contributed by atoms with van der Waals surface area (Å²) in [6.45, 7) is 2.92. The van der Waals surface area contributed by atoms with Crippen molar-refractivity contribution < 1.29 is 5.11 Å². The molecular weight excluding hydrogens is 232 g/mol. The van der Waals surface area contributed by atoms with Crippen LogP contribution in [0.5, 0.6) is 0 Å². The van der Waals surface area contributed by atoms with Crippen LogP contribution in [0, 0.1) is 6.92 Å². The highest BCUT2D eigenvalue weighted by molar-refractivity contribution is 7.07. The smallest absolute Gasteiger partial charge is 0.131 e. The van der Waals surface area contributed by atoms with Crippen LogP contribution in [0.1, 0.15) is 16.7 Å². The minimum absolute atomic E-state index is 0.0440. The number of aliphatic hydroxyl groups is 1. The van der Waals surface area contributed by atoms with Gasteiger partial charge in [0, 0.05) is 19.8 Å². The molecule has 0 aliphatic heterocycles. The average molecular weight is 248 g/mol. The van der Waals surface area contributed by atoms with Gasteiger partial charge in [0.15, 0.2) is 0 Å². The number of anilines is 1. The van der Waals surface area contributed by atoms with Gasteiger partial charge in [-0.1, -0.05) is 0 Å². The molecule has 2 heterocycles. The predicted molar refractivity (Wildman–Crippen MR) is 71.3 cm³/mol.